The molecule has 0 unspecified atom stereocenters. The van der Waals surface area contributed by atoms with Gasteiger partial charge >= 0.3 is 6.09 Å². The lowest BCUT2D eigenvalue weighted by Crippen LogP contribution is -2.34. The standard InChI is InChI=1S/C10H13N3O3/c1-16-10(15)13-6-5-12-9(14)8-3-2-4-11-7-8/h2-4,7H,5-6H2,1H3,(H,12,14)(H,13,15). The van der Waals surface area contributed by atoms with Crippen LogP contribution in [0.15, 0.2) is 24.5 Å². The van der Waals surface area contributed by atoms with E-state index in [0.717, 1.165) is 0 Å². The van der Waals surface area contributed by atoms with Crippen molar-refractivity contribution in [3.63, 3.8) is 0 Å². The third-order valence-electron chi connectivity index (χ3n) is 1.79. The lowest BCUT2D eigenvalue weighted by atomic mass is 10.3. The topological polar surface area (TPSA) is 80.3 Å². The summed E-state index contributed by atoms with van der Waals surface area (Å²) in [6.07, 6.45) is 2.55. The van der Waals surface area contributed by atoms with E-state index in [1.165, 1.54) is 13.3 Å². The zero-order chi connectivity index (χ0) is 11.8. The normalized spacial score (nSPS) is 9.31. The van der Waals surface area contributed by atoms with E-state index in [0.29, 0.717) is 18.7 Å². The van der Waals surface area contributed by atoms with Crippen LogP contribution in [0, 0.1) is 0 Å². The molecule has 0 spiro atoms. The molecular formula is C10H13N3O3. The van der Waals surface area contributed by atoms with Gasteiger partial charge in [0.05, 0.1) is 12.7 Å². The lowest BCUT2D eigenvalue weighted by molar-refractivity contribution is 0.0952. The second kappa shape index (κ2) is 6.39. The Bertz CT molecular complexity index is 354. The highest BCUT2D eigenvalue weighted by atomic mass is 16.5. The molecule has 1 aromatic rings. The summed E-state index contributed by atoms with van der Waals surface area (Å²) in [7, 11) is 1.28. The lowest BCUT2D eigenvalue weighted by Gasteiger charge is -2.05. The number of hydrogen-bond acceptors (Lipinski definition) is 4. The molecule has 6 heteroatoms. The van der Waals surface area contributed by atoms with Crippen molar-refractivity contribution in [1.29, 1.82) is 0 Å². The molecule has 1 rings (SSSR count). The molecular weight excluding hydrogens is 210 g/mol. The van der Waals surface area contributed by atoms with Crippen LogP contribution in [0.1, 0.15) is 10.4 Å². The van der Waals surface area contributed by atoms with Crippen LogP contribution in [0.4, 0.5) is 4.79 Å². The van der Waals surface area contributed by atoms with Gasteiger partial charge in [0.1, 0.15) is 0 Å². The Morgan fingerprint density at radius 1 is 1.38 bits per heavy atom. The predicted octanol–water partition coefficient (Wildman–Crippen LogP) is 0.167. The van der Waals surface area contributed by atoms with Crippen LogP contribution in [0.2, 0.25) is 0 Å². The first-order valence-corrected chi connectivity index (χ1v) is 4.74. The minimum absolute atomic E-state index is 0.222. The van der Waals surface area contributed by atoms with Crippen molar-refractivity contribution in [2.24, 2.45) is 0 Å². The van der Waals surface area contributed by atoms with Gasteiger partial charge in [0.2, 0.25) is 0 Å². The van der Waals surface area contributed by atoms with E-state index < -0.39 is 6.09 Å². The van der Waals surface area contributed by atoms with Crippen LogP contribution < -0.4 is 10.6 Å². The SMILES string of the molecule is COC(=O)NCCNC(=O)c1cccnc1. The molecule has 86 valence electrons. The highest BCUT2D eigenvalue weighted by Crippen LogP contribution is 1.93. The highest BCUT2D eigenvalue weighted by molar-refractivity contribution is 5.93. The monoisotopic (exact) mass is 223 g/mol. The number of aromatic nitrogens is 1. The van der Waals surface area contributed by atoms with Gasteiger partial charge in [-0.25, -0.2) is 4.79 Å². The largest absolute Gasteiger partial charge is 0.453 e. The zero-order valence-corrected chi connectivity index (χ0v) is 8.90. The molecule has 0 aliphatic carbocycles. The Hall–Kier alpha value is -2.11. The Morgan fingerprint density at radius 3 is 2.75 bits per heavy atom. The van der Waals surface area contributed by atoms with Gasteiger partial charge in [-0.2, -0.15) is 0 Å². The molecule has 0 saturated carbocycles. The van der Waals surface area contributed by atoms with E-state index >= 15 is 0 Å². The summed E-state index contributed by atoms with van der Waals surface area (Å²) in [5.41, 5.74) is 0.487. The van der Waals surface area contributed by atoms with E-state index in [2.05, 4.69) is 20.4 Å². The summed E-state index contributed by atoms with van der Waals surface area (Å²) < 4.78 is 4.37. The smallest absolute Gasteiger partial charge is 0.406 e. The number of alkyl carbamates (subject to hydrolysis) is 1. The zero-order valence-electron chi connectivity index (χ0n) is 8.90. The van der Waals surface area contributed by atoms with Gasteiger partial charge in [0.15, 0.2) is 0 Å². The summed E-state index contributed by atoms with van der Waals surface area (Å²) in [5, 5.41) is 5.08. The molecule has 0 atom stereocenters. The fraction of sp³-hybridized carbons (Fsp3) is 0.300. The first-order chi connectivity index (χ1) is 7.74. The number of nitrogens with zero attached hydrogens (tertiary/aromatic N) is 1. The van der Waals surface area contributed by atoms with Crippen molar-refractivity contribution in [3.8, 4) is 0 Å². The van der Waals surface area contributed by atoms with Crippen molar-refractivity contribution in [3.05, 3.63) is 30.1 Å². The maximum atomic E-state index is 11.5. The van der Waals surface area contributed by atoms with Crippen LogP contribution in [0.25, 0.3) is 0 Å². The maximum absolute atomic E-state index is 11.5. The Balaban J connectivity index is 2.24. The van der Waals surface area contributed by atoms with E-state index in [1.54, 1.807) is 18.3 Å². The number of ether oxygens (including phenoxy) is 1. The van der Waals surface area contributed by atoms with E-state index in [9.17, 15) is 9.59 Å². The number of amides is 2. The first kappa shape index (κ1) is 12.0. The highest BCUT2D eigenvalue weighted by Gasteiger charge is 2.03. The van der Waals surface area contributed by atoms with Crippen LogP contribution in [0.3, 0.4) is 0 Å². The summed E-state index contributed by atoms with van der Waals surface area (Å²) >= 11 is 0. The fourth-order valence-electron chi connectivity index (χ4n) is 1.01. The molecule has 0 fully saturated rings. The van der Waals surface area contributed by atoms with Gasteiger partial charge in [-0.15, -0.1) is 0 Å². The minimum Gasteiger partial charge on any atom is -0.453 e. The molecule has 0 saturated heterocycles. The Kier molecular flexibility index (Phi) is 4.78. The van der Waals surface area contributed by atoms with Gasteiger partial charge in [-0.05, 0) is 12.1 Å². The van der Waals surface area contributed by atoms with Crippen molar-refractivity contribution >= 4 is 12.0 Å². The second-order valence-corrected chi connectivity index (χ2v) is 2.92. The van der Waals surface area contributed by atoms with Crippen molar-refractivity contribution in [2.45, 2.75) is 0 Å². The third kappa shape index (κ3) is 3.95. The second-order valence-electron chi connectivity index (χ2n) is 2.92. The average molecular weight is 223 g/mol. The Labute approximate surface area is 93.0 Å². The van der Waals surface area contributed by atoms with Gasteiger partial charge in [-0.1, -0.05) is 0 Å². The van der Waals surface area contributed by atoms with Gasteiger partial charge in [-0.3, -0.25) is 9.78 Å². The van der Waals surface area contributed by atoms with E-state index in [4.69, 9.17) is 0 Å². The van der Waals surface area contributed by atoms with Gasteiger partial charge in [0, 0.05) is 25.5 Å². The quantitative estimate of drug-likeness (QED) is 0.713. The number of pyridine rings is 1. The molecule has 2 amide bonds. The molecule has 0 bridgehead atoms. The number of carbonyl (C=O) groups is 2. The van der Waals surface area contributed by atoms with Gasteiger partial charge in [0.25, 0.3) is 5.91 Å². The van der Waals surface area contributed by atoms with Crippen molar-refractivity contribution in [1.82, 2.24) is 15.6 Å². The number of hydrogen-bond donors (Lipinski definition) is 2. The van der Waals surface area contributed by atoms with E-state index in [-0.39, 0.29) is 5.91 Å². The van der Waals surface area contributed by atoms with Crippen molar-refractivity contribution < 1.29 is 14.3 Å². The summed E-state index contributed by atoms with van der Waals surface area (Å²) in [5.74, 6) is -0.222. The molecule has 6 nitrogen and oxygen atoms in total. The molecule has 16 heavy (non-hydrogen) atoms. The average Bonchev–Trinajstić information content (AvgIpc) is 2.35. The molecule has 0 aliphatic rings. The predicted molar refractivity (Wildman–Crippen MR) is 57.0 cm³/mol. The molecule has 1 heterocycles. The number of nitrogens with one attached hydrogen (secondary N) is 2. The first-order valence-electron chi connectivity index (χ1n) is 4.74. The molecule has 0 aromatic carbocycles. The van der Waals surface area contributed by atoms with Crippen LogP contribution in [0.5, 0.6) is 0 Å². The van der Waals surface area contributed by atoms with Crippen LogP contribution in [-0.4, -0.2) is 37.2 Å². The number of carbonyl (C=O) groups excluding carboxylic acids is 2. The van der Waals surface area contributed by atoms with Crippen LogP contribution >= 0.6 is 0 Å². The Morgan fingerprint density at radius 2 is 2.12 bits per heavy atom. The molecule has 2 N–H and O–H groups in total. The maximum Gasteiger partial charge on any atom is 0.406 e. The number of methoxy groups -OCH3 is 1. The van der Waals surface area contributed by atoms with Crippen LogP contribution in [-0.2, 0) is 4.74 Å². The fourth-order valence-corrected chi connectivity index (χ4v) is 1.01. The van der Waals surface area contributed by atoms with E-state index in [1.807, 2.05) is 0 Å². The van der Waals surface area contributed by atoms with Gasteiger partial charge < -0.3 is 15.4 Å². The molecule has 0 radical (unpaired) electrons. The number of rotatable bonds is 4. The molecule has 1 aromatic heterocycles. The third-order valence-corrected chi connectivity index (χ3v) is 1.79. The summed E-state index contributed by atoms with van der Waals surface area (Å²) in [4.78, 5) is 26.0. The minimum atomic E-state index is -0.518. The molecule has 0 aliphatic heterocycles. The van der Waals surface area contributed by atoms with Crippen molar-refractivity contribution in [2.75, 3.05) is 20.2 Å². The summed E-state index contributed by atoms with van der Waals surface area (Å²) in [6, 6.07) is 3.34. The summed E-state index contributed by atoms with van der Waals surface area (Å²) in [6.45, 7) is 0.654.